The molecule has 0 radical (unpaired) electrons. The molecular formula is C21H28N2O4S. The number of carbonyl (C=O) groups is 1. The standard InChI is InChI=1S/C21H28N2O4S/c1-15(2)27-19-9-5-7-17(13-19)8-6-12-22-21(24)18-11-10-16(3)20(14-18)23-28(4,25)26/h5,7,9-11,13-15,23H,6,8,12H2,1-4H3,(H,22,24). The van der Waals surface area contributed by atoms with Crippen LogP contribution in [0.15, 0.2) is 42.5 Å². The van der Waals surface area contributed by atoms with Crippen molar-refractivity contribution in [2.24, 2.45) is 0 Å². The minimum atomic E-state index is -3.40. The average molecular weight is 405 g/mol. The van der Waals surface area contributed by atoms with Gasteiger partial charge >= 0.3 is 0 Å². The monoisotopic (exact) mass is 404 g/mol. The summed E-state index contributed by atoms with van der Waals surface area (Å²) < 4.78 is 31.0. The summed E-state index contributed by atoms with van der Waals surface area (Å²) in [7, 11) is -3.40. The van der Waals surface area contributed by atoms with E-state index in [-0.39, 0.29) is 12.0 Å². The van der Waals surface area contributed by atoms with Crippen LogP contribution in [-0.4, -0.2) is 33.2 Å². The summed E-state index contributed by atoms with van der Waals surface area (Å²) in [6, 6.07) is 12.9. The molecule has 0 unspecified atom stereocenters. The highest BCUT2D eigenvalue weighted by Crippen LogP contribution is 2.18. The molecular weight excluding hydrogens is 376 g/mol. The van der Waals surface area contributed by atoms with Crippen LogP contribution in [-0.2, 0) is 16.4 Å². The van der Waals surface area contributed by atoms with Gasteiger partial charge in [-0.15, -0.1) is 0 Å². The molecule has 0 aliphatic carbocycles. The normalized spacial score (nSPS) is 11.3. The Morgan fingerprint density at radius 3 is 2.57 bits per heavy atom. The van der Waals surface area contributed by atoms with Gasteiger partial charge in [0.1, 0.15) is 5.75 Å². The van der Waals surface area contributed by atoms with Crippen LogP contribution in [0.25, 0.3) is 0 Å². The lowest BCUT2D eigenvalue weighted by Gasteiger charge is -2.12. The molecule has 0 atom stereocenters. The Kier molecular flexibility index (Phi) is 7.45. The topological polar surface area (TPSA) is 84.5 Å². The molecule has 0 aromatic heterocycles. The zero-order valence-electron chi connectivity index (χ0n) is 16.8. The predicted octanol–water partition coefficient (Wildman–Crippen LogP) is 3.52. The van der Waals surface area contributed by atoms with E-state index in [4.69, 9.17) is 4.74 Å². The molecule has 2 N–H and O–H groups in total. The van der Waals surface area contributed by atoms with Crippen molar-refractivity contribution in [3.8, 4) is 5.75 Å². The maximum atomic E-state index is 12.4. The van der Waals surface area contributed by atoms with Crippen LogP contribution in [0.2, 0.25) is 0 Å². The number of nitrogens with one attached hydrogen (secondary N) is 2. The lowest BCUT2D eigenvalue weighted by atomic mass is 10.1. The third-order valence-electron chi connectivity index (χ3n) is 3.99. The van der Waals surface area contributed by atoms with Gasteiger partial charge in [-0.2, -0.15) is 0 Å². The van der Waals surface area contributed by atoms with E-state index in [0.717, 1.165) is 36.0 Å². The van der Waals surface area contributed by atoms with Gasteiger partial charge in [0.25, 0.3) is 5.91 Å². The van der Waals surface area contributed by atoms with E-state index in [1.165, 1.54) is 0 Å². The minimum Gasteiger partial charge on any atom is -0.491 e. The fraction of sp³-hybridized carbons (Fsp3) is 0.381. The highest BCUT2D eigenvalue weighted by Gasteiger charge is 2.10. The molecule has 2 rings (SSSR count). The summed E-state index contributed by atoms with van der Waals surface area (Å²) >= 11 is 0. The molecule has 1 amide bonds. The molecule has 0 bridgehead atoms. The second-order valence-corrected chi connectivity index (χ2v) is 8.83. The van der Waals surface area contributed by atoms with Crippen molar-refractivity contribution in [2.45, 2.75) is 39.7 Å². The van der Waals surface area contributed by atoms with E-state index < -0.39 is 10.0 Å². The molecule has 0 spiro atoms. The first-order valence-electron chi connectivity index (χ1n) is 9.26. The number of benzene rings is 2. The minimum absolute atomic E-state index is 0.131. The van der Waals surface area contributed by atoms with Crippen molar-refractivity contribution < 1.29 is 17.9 Å². The third kappa shape index (κ3) is 7.23. The van der Waals surface area contributed by atoms with Crippen molar-refractivity contribution in [1.29, 1.82) is 0 Å². The highest BCUT2D eigenvalue weighted by atomic mass is 32.2. The van der Waals surface area contributed by atoms with Gasteiger partial charge in [0.05, 0.1) is 18.0 Å². The third-order valence-corrected chi connectivity index (χ3v) is 4.58. The van der Waals surface area contributed by atoms with Crippen molar-refractivity contribution in [3.05, 3.63) is 59.2 Å². The molecule has 2 aromatic carbocycles. The summed E-state index contributed by atoms with van der Waals surface area (Å²) in [5, 5.41) is 2.88. The van der Waals surface area contributed by atoms with E-state index in [0.29, 0.717) is 17.8 Å². The molecule has 7 heteroatoms. The smallest absolute Gasteiger partial charge is 0.251 e. The number of anilines is 1. The van der Waals surface area contributed by atoms with Gasteiger partial charge in [-0.3, -0.25) is 9.52 Å². The Bertz CT molecular complexity index is 924. The molecule has 28 heavy (non-hydrogen) atoms. The summed E-state index contributed by atoms with van der Waals surface area (Å²) in [4.78, 5) is 12.4. The SMILES string of the molecule is Cc1ccc(C(=O)NCCCc2cccc(OC(C)C)c2)cc1NS(C)(=O)=O. The van der Waals surface area contributed by atoms with E-state index in [9.17, 15) is 13.2 Å². The number of carbonyl (C=O) groups excluding carboxylic acids is 1. The molecule has 152 valence electrons. The number of hydrogen-bond acceptors (Lipinski definition) is 4. The first kappa shape index (κ1) is 21.8. The van der Waals surface area contributed by atoms with E-state index in [1.54, 1.807) is 25.1 Å². The highest BCUT2D eigenvalue weighted by molar-refractivity contribution is 7.92. The molecule has 0 heterocycles. The average Bonchev–Trinajstić information content (AvgIpc) is 2.59. The molecule has 0 saturated heterocycles. The van der Waals surface area contributed by atoms with Crippen molar-refractivity contribution in [2.75, 3.05) is 17.5 Å². The Morgan fingerprint density at radius 1 is 1.14 bits per heavy atom. The van der Waals surface area contributed by atoms with Crippen LogP contribution >= 0.6 is 0 Å². The Labute approximate surface area is 167 Å². The van der Waals surface area contributed by atoms with Gasteiger partial charge < -0.3 is 10.1 Å². The van der Waals surface area contributed by atoms with Gasteiger partial charge in [0.15, 0.2) is 0 Å². The number of ether oxygens (including phenoxy) is 1. The number of rotatable bonds is 9. The van der Waals surface area contributed by atoms with Crippen LogP contribution in [0.4, 0.5) is 5.69 Å². The van der Waals surface area contributed by atoms with Crippen LogP contribution in [0.1, 0.15) is 41.8 Å². The molecule has 6 nitrogen and oxygen atoms in total. The van der Waals surface area contributed by atoms with Gasteiger partial charge in [-0.1, -0.05) is 18.2 Å². The maximum Gasteiger partial charge on any atom is 0.251 e. The first-order chi connectivity index (χ1) is 13.1. The van der Waals surface area contributed by atoms with Gasteiger partial charge in [0, 0.05) is 12.1 Å². The Morgan fingerprint density at radius 2 is 1.89 bits per heavy atom. The zero-order valence-corrected chi connectivity index (χ0v) is 17.6. The van der Waals surface area contributed by atoms with Crippen LogP contribution < -0.4 is 14.8 Å². The lowest BCUT2D eigenvalue weighted by Crippen LogP contribution is -2.25. The number of aryl methyl sites for hydroxylation is 2. The van der Waals surface area contributed by atoms with Crippen molar-refractivity contribution in [1.82, 2.24) is 5.32 Å². The molecule has 0 fully saturated rings. The Hall–Kier alpha value is -2.54. The second kappa shape index (κ2) is 9.59. The largest absolute Gasteiger partial charge is 0.491 e. The van der Waals surface area contributed by atoms with Gasteiger partial charge in [-0.05, 0) is 69.0 Å². The van der Waals surface area contributed by atoms with Crippen LogP contribution in [0, 0.1) is 6.92 Å². The summed E-state index contributed by atoms with van der Waals surface area (Å²) in [6.07, 6.45) is 2.83. The van der Waals surface area contributed by atoms with E-state index in [1.807, 2.05) is 38.1 Å². The maximum absolute atomic E-state index is 12.4. The zero-order chi connectivity index (χ0) is 20.7. The van der Waals surface area contributed by atoms with Gasteiger partial charge in [-0.25, -0.2) is 8.42 Å². The fourth-order valence-corrected chi connectivity index (χ4v) is 3.34. The molecule has 0 aliphatic rings. The summed E-state index contributed by atoms with van der Waals surface area (Å²) in [6.45, 7) is 6.29. The van der Waals surface area contributed by atoms with Crippen LogP contribution in [0.5, 0.6) is 5.75 Å². The number of hydrogen-bond donors (Lipinski definition) is 2. The second-order valence-electron chi connectivity index (χ2n) is 7.08. The Balaban J connectivity index is 1.88. The van der Waals surface area contributed by atoms with E-state index >= 15 is 0 Å². The molecule has 2 aromatic rings. The predicted molar refractivity (Wildman–Crippen MR) is 113 cm³/mol. The molecule has 0 aliphatic heterocycles. The first-order valence-corrected chi connectivity index (χ1v) is 11.2. The van der Waals surface area contributed by atoms with E-state index in [2.05, 4.69) is 10.0 Å². The van der Waals surface area contributed by atoms with Crippen LogP contribution in [0.3, 0.4) is 0 Å². The summed E-state index contributed by atoms with van der Waals surface area (Å²) in [5.41, 5.74) is 2.74. The summed E-state index contributed by atoms with van der Waals surface area (Å²) in [5.74, 6) is 0.621. The fourth-order valence-electron chi connectivity index (χ4n) is 2.72. The lowest BCUT2D eigenvalue weighted by molar-refractivity contribution is 0.0953. The van der Waals surface area contributed by atoms with Crippen molar-refractivity contribution in [3.63, 3.8) is 0 Å². The number of amides is 1. The van der Waals surface area contributed by atoms with Gasteiger partial charge in [0.2, 0.25) is 10.0 Å². The quantitative estimate of drug-likeness (QED) is 0.627. The van der Waals surface area contributed by atoms with Crippen molar-refractivity contribution >= 4 is 21.6 Å². The number of sulfonamides is 1. The molecule has 0 saturated carbocycles.